The van der Waals surface area contributed by atoms with Gasteiger partial charge < -0.3 is 5.32 Å². The molecule has 0 aliphatic carbocycles. The third-order valence-electron chi connectivity index (χ3n) is 3.06. The van der Waals surface area contributed by atoms with E-state index in [-0.39, 0.29) is 6.04 Å². The van der Waals surface area contributed by atoms with Gasteiger partial charge in [0.25, 0.3) is 0 Å². The first-order valence-electron chi connectivity index (χ1n) is 6.07. The van der Waals surface area contributed by atoms with Crippen LogP contribution in [-0.4, -0.2) is 7.05 Å². The first kappa shape index (κ1) is 15.7. The van der Waals surface area contributed by atoms with Crippen LogP contribution in [0.4, 0.5) is 8.78 Å². The van der Waals surface area contributed by atoms with Crippen molar-refractivity contribution in [1.29, 1.82) is 0 Å². The Bertz CT molecular complexity index is 599. The molecular weight excluding hydrogens is 395 g/mol. The Hall–Kier alpha value is -0.720. The zero-order valence-corrected chi connectivity index (χ0v) is 13.7. The molecule has 0 amide bonds. The van der Waals surface area contributed by atoms with Gasteiger partial charge in [0.05, 0.1) is 5.02 Å². The Morgan fingerprint density at radius 2 is 1.80 bits per heavy atom. The number of likely N-dealkylation sites (N-methyl/N-ethyl adjacent to an activating group) is 1. The quantitative estimate of drug-likeness (QED) is 0.723. The zero-order chi connectivity index (χ0) is 14.7. The summed E-state index contributed by atoms with van der Waals surface area (Å²) in [5, 5.41) is 3.82. The SMILES string of the molecule is CNC(Cc1cc(F)cc(F)c1)c1ccc(I)c(Cl)c1. The second-order valence-corrected chi connectivity index (χ2v) is 6.07. The standard InChI is InChI=1S/C15H13ClF2IN/c1-20-15(10-2-3-14(19)13(16)7-10)6-9-4-11(17)8-12(18)5-9/h2-5,7-8,15,20H,6H2,1H3. The summed E-state index contributed by atoms with van der Waals surface area (Å²) in [6.45, 7) is 0. The molecule has 0 heterocycles. The molecule has 0 aliphatic rings. The average Bonchev–Trinajstić information content (AvgIpc) is 2.38. The Morgan fingerprint density at radius 1 is 1.15 bits per heavy atom. The normalized spacial score (nSPS) is 12.4. The molecule has 0 saturated carbocycles. The fraction of sp³-hybridized carbons (Fsp3) is 0.200. The van der Waals surface area contributed by atoms with E-state index in [1.165, 1.54) is 12.1 Å². The number of nitrogens with one attached hydrogen (secondary N) is 1. The zero-order valence-electron chi connectivity index (χ0n) is 10.8. The van der Waals surface area contributed by atoms with Crippen molar-refractivity contribution < 1.29 is 8.78 Å². The van der Waals surface area contributed by atoms with Crippen LogP contribution in [0.5, 0.6) is 0 Å². The van der Waals surface area contributed by atoms with Gasteiger partial charge in [0.1, 0.15) is 11.6 Å². The molecule has 0 aliphatic heterocycles. The molecule has 0 fully saturated rings. The van der Waals surface area contributed by atoms with Crippen molar-refractivity contribution in [3.05, 3.63) is 67.8 Å². The summed E-state index contributed by atoms with van der Waals surface area (Å²) >= 11 is 8.27. The lowest BCUT2D eigenvalue weighted by Crippen LogP contribution is -2.19. The van der Waals surface area contributed by atoms with Crippen molar-refractivity contribution in [3.8, 4) is 0 Å². The summed E-state index contributed by atoms with van der Waals surface area (Å²) < 4.78 is 27.4. The monoisotopic (exact) mass is 407 g/mol. The summed E-state index contributed by atoms with van der Waals surface area (Å²) in [6, 6.07) is 9.29. The van der Waals surface area contributed by atoms with E-state index < -0.39 is 11.6 Å². The molecule has 1 atom stereocenters. The van der Waals surface area contributed by atoms with Crippen LogP contribution in [0.15, 0.2) is 36.4 Å². The molecule has 1 N–H and O–H groups in total. The predicted molar refractivity (Wildman–Crippen MR) is 86.0 cm³/mol. The van der Waals surface area contributed by atoms with E-state index >= 15 is 0 Å². The molecule has 0 aromatic heterocycles. The van der Waals surface area contributed by atoms with E-state index in [1.54, 1.807) is 0 Å². The highest BCUT2D eigenvalue weighted by Gasteiger charge is 2.13. The Labute approximate surface area is 135 Å². The second-order valence-electron chi connectivity index (χ2n) is 4.50. The fourth-order valence-electron chi connectivity index (χ4n) is 2.08. The van der Waals surface area contributed by atoms with Gasteiger partial charge in [-0.2, -0.15) is 0 Å². The number of benzene rings is 2. The third kappa shape index (κ3) is 3.90. The molecule has 0 bridgehead atoms. The van der Waals surface area contributed by atoms with Gasteiger partial charge in [-0.3, -0.25) is 0 Å². The molecule has 1 nitrogen and oxygen atoms in total. The Balaban J connectivity index is 2.26. The van der Waals surface area contributed by atoms with Crippen LogP contribution in [0.1, 0.15) is 17.2 Å². The van der Waals surface area contributed by atoms with Crippen molar-refractivity contribution in [1.82, 2.24) is 5.32 Å². The highest BCUT2D eigenvalue weighted by atomic mass is 127. The molecule has 0 radical (unpaired) electrons. The maximum absolute atomic E-state index is 13.2. The number of rotatable bonds is 4. The van der Waals surface area contributed by atoms with Crippen molar-refractivity contribution in [3.63, 3.8) is 0 Å². The molecule has 5 heteroatoms. The third-order valence-corrected chi connectivity index (χ3v) is 4.63. The van der Waals surface area contributed by atoms with Crippen LogP contribution in [0.2, 0.25) is 5.02 Å². The summed E-state index contributed by atoms with van der Waals surface area (Å²) in [6.07, 6.45) is 0.488. The Morgan fingerprint density at radius 3 is 2.35 bits per heavy atom. The van der Waals surface area contributed by atoms with Gasteiger partial charge in [-0.1, -0.05) is 17.7 Å². The molecule has 2 aromatic rings. The van der Waals surface area contributed by atoms with E-state index in [1.807, 2.05) is 25.2 Å². The summed E-state index contributed by atoms with van der Waals surface area (Å²) in [7, 11) is 1.81. The number of hydrogen-bond acceptors (Lipinski definition) is 1. The average molecular weight is 408 g/mol. The van der Waals surface area contributed by atoms with Crippen LogP contribution in [0.3, 0.4) is 0 Å². The van der Waals surface area contributed by atoms with Crippen LogP contribution in [0, 0.1) is 15.2 Å². The van der Waals surface area contributed by atoms with Crippen LogP contribution >= 0.6 is 34.2 Å². The van der Waals surface area contributed by atoms with Crippen molar-refractivity contribution in [2.24, 2.45) is 0 Å². The molecule has 0 saturated heterocycles. The topological polar surface area (TPSA) is 12.0 Å². The summed E-state index contributed by atoms with van der Waals surface area (Å²) in [4.78, 5) is 0. The van der Waals surface area contributed by atoms with Crippen molar-refractivity contribution in [2.75, 3.05) is 7.05 Å². The van der Waals surface area contributed by atoms with Gasteiger partial charge in [-0.25, -0.2) is 8.78 Å². The summed E-state index contributed by atoms with van der Waals surface area (Å²) in [5.41, 5.74) is 1.60. The lowest BCUT2D eigenvalue weighted by atomic mass is 9.99. The van der Waals surface area contributed by atoms with Crippen molar-refractivity contribution >= 4 is 34.2 Å². The maximum Gasteiger partial charge on any atom is 0.126 e. The minimum atomic E-state index is -0.560. The lowest BCUT2D eigenvalue weighted by Gasteiger charge is -2.17. The molecular formula is C15H13ClF2IN. The van der Waals surface area contributed by atoms with Gasteiger partial charge >= 0.3 is 0 Å². The van der Waals surface area contributed by atoms with Crippen LogP contribution in [0.25, 0.3) is 0 Å². The predicted octanol–water partition coefficient (Wildman–Crippen LogP) is 4.73. The first-order chi connectivity index (χ1) is 9.49. The fourth-order valence-corrected chi connectivity index (χ4v) is 2.60. The number of hydrogen-bond donors (Lipinski definition) is 1. The van der Waals surface area contributed by atoms with E-state index in [4.69, 9.17) is 11.6 Å². The van der Waals surface area contributed by atoms with Gasteiger partial charge in [0.2, 0.25) is 0 Å². The number of halogens is 4. The van der Waals surface area contributed by atoms with E-state index in [9.17, 15) is 8.78 Å². The largest absolute Gasteiger partial charge is 0.313 e. The minimum Gasteiger partial charge on any atom is -0.313 e. The molecule has 1 unspecified atom stereocenters. The molecule has 2 rings (SSSR count). The van der Waals surface area contributed by atoms with Gasteiger partial charge in [0, 0.05) is 15.7 Å². The smallest absolute Gasteiger partial charge is 0.126 e. The highest BCUT2D eigenvalue weighted by molar-refractivity contribution is 14.1. The van der Waals surface area contributed by atoms with E-state index in [0.717, 1.165) is 15.2 Å². The maximum atomic E-state index is 13.2. The Kier molecular flexibility index (Phi) is 5.35. The molecule has 106 valence electrons. The second kappa shape index (κ2) is 6.83. The van der Waals surface area contributed by atoms with Crippen LogP contribution in [-0.2, 0) is 6.42 Å². The van der Waals surface area contributed by atoms with Crippen LogP contribution < -0.4 is 5.32 Å². The first-order valence-corrected chi connectivity index (χ1v) is 7.52. The van der Waals surface area contributed by atoms with E-state index in [0.29, 0.717) is 17.0 Å². The van der Waals surface area contributed by atoms with Gasteiger partial charge in [-0.05, 0) is 71.5 Å². The minimum absolute atomic E-state index is 0.0503. The summed E-state index contributed by atoms with van der Waals surface area (Å²) in [5.74, 6) is -1.12. The van der Waals surface area contributed by atoms with E-state index in [2.05, 4.69) is 27.9 Å². The van der Waals surface area contributed by atoms with Gasteiger partial charge in [-0.15, -0.1) is 0 Å². The molecule has 20 heavy (non-hydrogen) atoms. The lowest BCUT2D eigenvalue weighted by molar-refractivity contribution is 0.562. The molecule has 2 aromatic carbocycles. The molecule has 0 spiro atoms. The van der Waals surface area contributed by atoms with Gasteiger partial charge in [0.15, 0.2) is 0 Å². The highest BCUT2D eigenvalue weighted by Crippen LogP contribution is 2.25. The van der Waals surface area contributed by atoms with Crippen molar-refractivity contribution in [2.45, 2.75) is 12.5 Å².